The van der Waals surface area contributed by atoms with Crippen LogP contribution in [0, 0.1) is 0 Å². The van der Waals surface area contributed by atoms with E-state index < -0.39 is 0 Å². The van der Waals surface area contributed by atoms with Crippen LogP contribution < -0.4 is 5.73 Å². The molecule has 90 valence electrons. The van der Waals surface area contributed by atoms with E-state index in [9.17, 15) is 0 Å². The van der Waals surface area contributed by atoms with Crippen molar-refractivity contribution in [2.45, 2.75) is 19.9 Å². The van der Waals surface area contributed by atoms with E-state index in [-0.39, 0.29) is 6.04 Å². The molecule has 0 heterocycles. The summed E-state index contributed by atoms with van der Waals surface area (Å²) in [5.41, 5.74) is 6.88. The van der Waals surface area contributed by atoms with Crippen LogP contribution in [0.1, 0.15) is 25.5 Å². The van der Waals surface area contributed by atoms with E-state index >= 15 is 0 Å². The Morgan fingerprint density at radius 1 is 1.25 bits per heavy atom. The smallest absolute Gasteiger partial charge is 0.0484 e. The van der Waals surface area contributed by atoms with Crippen LogP contribution in [-0.4, -0.2) is 24.5 Å². The molecule has 0 aliphatic carbocycles. The molecule has 0 aliphatic heterocycles. The maximum absolute atomic E-state index is 6.19. The van der Waals surface area contributed by atoms with Gasteiger partial charge in [0.05, 0.1) is 0 Å². The first kappa shape index (κ1) is 13.8. The van der Waals surface area contributed by atoms with Crippen molar-refractivity contribution < 1.29 is 0 Å². The molecule has 1 atom stereocenters. The van der Waals surface area contributed by atoms with Gasteiger partial charge in [0.1, 0.15) is 0 Å². The molecule has 16 heavy (non-hydrogen) atoms. The first-order chi connectivity index (χ1) is 7.63. The number of nitrogens with two attached hydrogens (primary N) is 1. The highest BCUT2D eigenvalue weighted by molar-refractivity contribution is 6.35. The van der Waals surface area contributed by atoms with Gasteiger partial charge in [0.2, 0.25) is 0 Å². The van der Waals surface area contributed by atoms with Crippen molar-refractivity contribution in [2.24, 2.45) is 5.73 Å². The summed E-state index contributed by atoms with van der Waals surface area (Å²) in [7, 11) is 0. The van der Waals surface area contributed by atoms with Crippen LogP contribution in [0.2, 0.25) is 10.0 Å². The van der Waals surface area contributed by atoms with Crippen LogP contribution in [-0.2, 0) is 0 Å². The highest BCUT2D eigenvalue weighted by Gasteiger charge is 2.18. The average Bonchev–Trinajstić information content (AvgIpc) is 2.27. The number of nitrogens with zero attached hydrogens (tertiary/aromatic N) is 1. The summed E-state index contributed by atoms with van der Waals surface area (Å²) < 4.78 is 0. The van der Waals surface area contributed by atoms with Gasteiger partial charge in [-0.1, -0.05) is 43.1 Å². The first-order valence-corrected chi connectivity index (χ1v) is 6.28. The minimum absolute atomic E-state index is 0.166. The van der Waals surface area contributed by atoms with Crippen LogP contribution >= 0.6 is 23.2 Å². The number of hydrogen-bond acceptors (Lipinski definition) is 2. The fraction of sp³-hybridized carbons (Fsp3) is 0.500. The standard InChI is InChI=1S/C12H18Cl2N2/c1-3-16(4-2)12(8-15)10-6-5-9(13)7-11(10)14/h5-7,12H,3-4,8,15H2,1-2H3/t12-/m0/s1. The second-order valence-electron chi connectivity index (χ2n) is 3.64. The lowest BCUT2D eigenvalue weighted by Gasteiger charge is -2.29. The molecule has 0 saturated carbocycles. The van der Waals surface area contributed by atoms with E-state index in [2.05, 4.69) is 18.7 Å². The molecule has 0 aromatic heterocycles. The van der Waals surface area contributed by atoms with E-state index in [0.29, 0.717) is 16.6 Å². The first-order valence-electron chi connectivity index (χ1n) is 5.53. The van der Waals surface area contributed by atoms with E-state index in [4.69, 9.17) is 28.9 Å². The summed E-state index contributed by atoms with van der Waals surface area (Å²) in [5.74, 6) is 0. The molecule has 0 aliphatic rings. The molecule has 0 bridgehead atoms. The minimum atomic E-state index is 0.166. The van der Waals surface area contributed by atoms with Gasteiger partial charge in [0.25, 0.3) is 0 Å². The number of rotatable bonds is 5. The summed E-state index contributed by atoms with van der Waals surface area (Å²) in [4.78, 5) is 2.29. The van der Waals surface area contributed by atoms with Gasteiger partial charge in [0, 0.05) is 22.6 Å². The molecule has 0 saturated heterocycles. The van der Waals surface area contributed by atoms with Gasteiger partial charge in [-0.15, -0.1) is 0 Å². The molecule has 4 heteroatoms. The van der Waals surface area contributed by atoms with E-state index in [1.807, 2.05) is 12.1 Å². The zero-order chi connectivity index (χ0) is 12.1. The van der Waals surface area contributed by atoms with Crippen LogP contribution in [0.4, 0.5) is 0 Å². The second-order valence-corrected chi connectivity index (χ2v) is 4.48. The Balaban J connectivity index is 3.03. The van der Waals surface area contributed by atoms with Gasteiger partial charge < -0.3 is 5.73 Å². The molecule has 0 fully saturated rings. The van der Waals surface area contributed by atoms with Crippen molar-refractivity contribution in [1.82, 2.24) is 4.90 Å². The third kappa shape index (κ3) is 3.11. The number of halogens is 2. The lowest BCUT2D eigenvalue weighted by Crippen LogP contribution is -2.33. The van der Waals surface area contributed by atoms with Gasteiger partial charge in [-0.05, 0) is 30.8 Å². The highest BCUT2D eigenvalue weighted by Crippen LogP contribution is 2.29. The van der Waals surface area contributed by atoms with Gasteiger partial charge in [-0.3, -0.25) is 4.90 Å². The molecule has 0 spiro atoms. The molecule has 1 rings (SSSR count). The third-order valence-electron chi connectivity index (χ3n) is 2.80. The molecular weight excluding hydrogens is 243 g/mol. The SMILES string of the molecule is CCN(CC)[C@@H](CN)c1ccc(Cl)cc1Cl. The second kappa shape index (κ2) is 6.45. The maximum Gasteiger partial charge on any atom is 0.0484 e. The van der Waals surface area contributed by atoms with E-state index in [1.54, 1.807) is 6.07 Å². The number of likely N-dealkylation sites (N-methyl/N-ethyl adjacent to an activating group) is 1. The summed E-state index contributed by atoms with van der Waals surface area (Å²) in [5, 5.41) is 1.35. The Kier molecular flexibility index (Phi) is 5.56. The summed E-state index contributed by atoms with van der Waals surface area (Å²) >= 11 is 12.1. The van der Waals surface area contributed by atoms with Gasteiger partial charge >= 0.3 is 0 Å². The van der Waals surface area contributed by atoms with Gasteiger partial charge in [-0.25, -0.2) is 0 Å². The average molecular weight is 261 g/mol. The Morgan fingerprint density at radius 3 is 2.31 bits per heavy atom. The number of hydrogen-bond donors (Lipinski definition) is 1. The fourth-order valence-electron chi connectivity index (χ4n) is 1.91. The van der Waals surface area contributed by atoms with Crippen molar-refractivity contribution in [3.8, 4) is 0 Å². The predicted octanol–water partition coefficient (Wildman–Crippen LogP) is 3.34. The predicted molar refractivity (Wildman–Crippen MR) is 71.2 cm³/mol. The van der Waals surface area contributed by atoms with Crippen LogP contribution in [0.15, 0.2) is 18.2 Å². The largest absolute Gasteiger partial charge is 0.329 e. The lowest BCUT2D eigenvalue weighted by molar-refractivity contribution is 0.224. The van der Waals surface area contributed by atoms with Crippen molar-refractivity contribution in [2.75, 3.05) is 19.6 Å². The monoisotopic (exact) mass is 260 g/mol. The molecule has 2 nitrogen and oxygen atoms in total. The highest BCUT2D eigenvalue weighted by atomic mass is 35.5. The Morgan fingerprint density at radius 2 is 1.88 bits per heavy atom. The number of benzene rings is 1. The van der Waals surface area contributed by atoms with Crippen molar-refractivity contribution in [1.29, 1.82) is 0 Å². The summed E-state index contributed by atoms with van der Waals surface area (Å²) in [6.45, 7) is 6.71. The van der Waals surface area contributed by atoms with Crippen molar-refractivity contribution in [3.05, 3.63) is 33.8 Å². The maximum atomic E-state index is 6.19. The van der Waals surface area contributed by atoms with Gasteiger partial charge in [0.15, 0.2) is 0 Å². The summed E-state index contributed by atoms with van der Waals surface area (Å²) in [6, 6.07) is 5.75. The quantitative estimate of drug-likeness (QED) is 0.880. The Hall–Kier alpha value is -0.280. The summed E-state index contributed by atoms with van der Waals surface area (Å²) in [6.07, 6.45) is 0. The minimum Gasteiger partial charge on any atom is -0.329 e. The van der Waals surface area contributed by atoms with Crippen molar-refractivity contribution in [3.63, 3.8) is 0 Å². The van der Waals surface area contributed by atoms with Crippen LogP contribution in [0.3, 0.4) is 0 Å². The molecule has 0 radical (unpaired) electrons. The Bertz CT molecular complexity index is 338. The molecule has 2 N–H and O–H groups in total. The molecule has 1 aromatic carbocycles. The van der Waals surface area contributed by atoms with Crippen LogP contribution in [0.25, 0.3) is 0 Å². The fourth-order valence-corrected chi connectivity index (χ4v) is 2.44. The van der Waals surface area contributed by atoms with Crippen LogP contribution in [0.5, 0.6) is 0 Å². The van der Waals surface area contributed by atoms with Crippen molar-refractivity contribution >= 4 is 23.2 Å². The van der Waals surface area contributed by atoms with E-state index in [1.165, 1.54) is 0 Å². The normalized spacial score (nSPS) is 13.1. The molecule has 1 aromatic rings. The topological polar surface area (TPSA) is 29.3 Å². The zero-order valence-electron chi connectivity index (χ0n) is 9.71. The zero-order valence-corrected chi connectivity index (χ0v) is 11.2. The Labute approximate surface area is 107 Å². The third-order valence-corrected chi connectivity index (χ3v) is 3.36. The molecule has 0 amide bonds. The van der Waals surface area contributed by atoms with Gasteiger partial charge in [-0.2, -0.15) is 0 Å². The lowest BCUT2D eigenvalue weighted by atomic mass is 10.1. The molecule has 0 unspecified atom stereocenters. The van der Waals surface area contributed by atoms with E-state index in [0.717, 1.165) is 18.7 Å². The molecular formula is C12H18Cl2N2.